The normalized spacial score (nSPS) is 17.0. The average molecular weight is 371 g/mol. The molecule has 1 aromatic heterocycles. The maximum absolute atomic E-state index is 12.4. The highest BCUT2D eigenvalue weighted by Crippen LogP contribution is 2.29. The number of hydrogen-bond acceptors (Lipinski definition) is 5. The minimum atomic E-state index is -0.326. The third kappa shape index (κ3) is 4.17. The molecule has 1 saturated heterocycles. The zero-order valence-corrected chi connectivity index (χ0v) is 16.3. The van der Waals surface area contributed by atoms with E-state index in [2.05, 4.69) is 45.9 Å². The van der Waals surface area contributed by atoms with Gasteiger partial charge in [-0.05, 0) is 42.8 Å². The molecule has 2 heterocycles. The summed E-state index contributed by atoms with van der Waals surface area (Å²) in [6.07, 6.45) is 2.71. The summed E-state index contributed by atoms with van der Waals surface area (Å²) in [5.41, 5.74) is 1.21. The van der Waals surface area contributed by atoms with Gasteiger partial charge in [0.15, 0.2) is 0 Å². The quantitative estimate of drug-likeness (QED) is 0.845. The van der Waals surface area contributed by atoms with E-state index < -0.39 is 0 Å². The Bertz CT molecular complexity index is 788. The first-order valence-corrected chi connectivity index (χ1v) is 10.1. The minimum absolute atomic E-state index is 0.0350. The van der Waals surface area contributed by atoms with E-state index in [-0.39, 0.29) is 11.9 Å². The van der Waals surface area contributed by atoms with Crippen LogP contribution in [0.4, 0.5) is 5.69 Å². The number of anilines is 1. The molecule has 0 aliphatic carbocycles. The number of amides is 1. The van der Waals surface area contributed by atoms with Gasteiger partial charge < -0.3 is 10.2 Å². The summed E-state index contributed by atoms with van der Waals surface area (Å²) in [6, 6.07) is 10.9. The number of hydrogen-bond donors (Lipinski definition) is 1. The number of likely N-dealkylation sites (tertiary alicyclic amines) is 1. The van der Waals surface area contributed by atoms with Gasteiger partial charge in [0.05, 0.1) is 12.6 Å². The van der Waals surface area contributed by atoms with Crippen LogP contribution in [0.3, 0.4) is 0 Å². The van der Waals surface area contributed by atoms with E-state index in [9.17, 15) is 4.79 Å². The number of nitrogens with one attached hydrogen (secondary N) is 1. The van der Waals surface area contributed by atoms with Gasteiger partial charge in [0, 0.05) is 42.0 Å². The molecule has 1 atom stereocenters. The van der Waals surface area contributed by atoms with Crippen LogP contribution in [0.2, 0.25) is 0 Å². The van der Waals surface area contributed by atoms with Crippen molar-refractivity contribution in [2.24, 2.45) is 0 Å². The topological polar surface area (TPSA) is 59.4 Å². The van der Waals surface area contributed by atoms with Gasteiger partial charge in [-0.1, -0.05) is 13.0 Å². The largest absolute Gasteiger partial charge is 0.382 e. The van der Waals surface area contributed by atoms with Gasteiger partial charge in [0.25, 0.3) is 0 Å². The highest BCUT2D eigenvalue weighted by molar-refractivity contribution is 7.17. The lowest BCUT2D eigenvalue weighted by molar-refractivity contribution is -0.132. The second-order valence-electron chi connectivity index (χ2n) is 6.89. The molecule has 1 N–H and O–H groups in total. The monoisotopic (exact) mass is 370 g/mol. The summed E-state index contributed by atoms with van der Waals surface area (Å²) < 4.78 is 1.31. The number of thiophene rings is 1. The molecule has 5 nitrogen and oxygen atoms in total. The lowest BCUT2D eigenvalue weighted by atomic mass is 10.0. The molecule has 1 aromatic carbocycles. The number of rotatable bonds is 6. The van der Waals surface area contributed by atoms with Crippen molar-refractivity contribution in [1.29, 1.82) is 5.26 Å². The lowest BCUT2D eigenvalue weighted by Crippen LogP contribution is -2.46. The molecule has 1 aliphatic heterocycles. The molecule has 6 heteroatoms. The molecular weight excluding hydrogens is 344 g/mol. The maximum atomic E-state index is 12.4. The number of benzene rings is 1. The van der Waals surface area contributed by atoms with Crippen molar-refractivity contribution in [3.05, 3.63) is 29.6 Å². The van der Waals surface area contributed by atoms with Crippen molar-refractivity contribution in [3.8, 4) is 6.07 Å². The fourth-order valence-electron chi connectivity index (χ4n) is 3.50. The van der Waals surface area contributed by atoms with Gasteiger partial charge >= 0.3 is 0 Å². The second kappa shape index (κ2) is 8.52. The van der Waals surface area contributed by atoms with Crippen molar-refractivity contribution in [1.82, 2.24) is 9.80 Å². The molecule has 2 aromatic rings. The molecule has 0 bridgehead atoms. The Balaban J connectivity index is 1.51. The van der Waals surface area contributed by atoms with Crippen LogP contribution in [0, 0.1) is 11.3 Å². The van der Waals surface area contributed by atoms with Gasteiger partial charge in [-0.15, -0.1) is 11.3 Å². The van der Waals surface area contributed by atoms with Crippen LogP contribution >= 0.6 is 11.3 Å². The van der Waals surface area contributed by atoms with Crippen LogP contribution in [0.5, 0.6) is 0 Å². The van der Waals surface area contributed by atoms with E-state index >= 15 is 0 Å². The van der Waals surface area contributed by atoms with E-state index in [0.717, 1.165) is 25.9 Å². The van der Waals surface area contributed by atoms with Crippen molar-refractivity contribution < 1.29 is 4.79 Å². The van der Waals surface area contributed by atoms with Crippen LogP contribution in [0.25, 0.3) is 10.1 Å². The third-order valence-corrected chi connectivity index (χ3v) is 6.08. The van der Waals surface area contributed by atoms with Crippen LogP contribution in [0.1, 0.15) is 26.2 Å². The highest BCUT2D eigenvalue weighted by Gasteiger charge is 2.24. The van der Waals surface area contributed by atoms with E-state index in [4.69, 9.17) is 5.26 Å². The minimum Gasteiger partial charge on any atom is -0.382 e. The molecule has 26 heavy (non-hydrogen) atoms. The zero-order valence-electron chi connectivity index (χ0n) is 15.4. The summed E-state index contributed by atoms with van der Waals surface area (Å²) in [7, 11) is 1.73. The summed E-state index contributed by atoms with van der Waals surface area (Å²) >= 11 is 1.77. The molecular formula is C20H26N4OS. The first kappa shape index (κ1) is 18.7. The molecule has 138 valence electrons. The first-order valence-electron chi connectivity index (χ1n) is 9.22. The van der Waals surface area contributed by atoms with E-state index in [1.165, 1.54) is 15.8 Å². The summed E-state index contributed by atoms with van der Waals surface area (Å²) in [5, 5.41) is 16.2. The van der Waals surface area contributed by atoms with Gasteiger partial charge in [-0.3, -0.25) is 9.69 Å². The number of nitriles is 1. The highest BCUT2D eigenvalue weighted by atomic mass is 32.1. The van der Waals surface area contributed by atoms with Gasteiger partial charge in [-0.2, -0.15) is 5.26 Å². The number of carbonyl (C=O) groups is 1. The molecule has 1 amide bonds. The Labute approximate surface area is 159 Å². The standard InChI is InChI=1S/C20H26N4OS/c1-3-16(13-21)23(2)20(25)14-24-10-7-15(8-11-24)22-18-5-4-6-19-17(18)9-12-26-19/h4-6,9,12,15-16,22H,3,7-8,10-11,14H2,1-2H3/t16-/m0/s1. The Morgan fingerprint density at radius 1 is 1.42 bits per heavy atom. The van der Waals surface area contributed by atoms with Crippen molar-refractivity contribution in [3.63, 3.8) is 0 Å². The SMILES string of the molecule is CC[C@@H](C#N)N(C)C(=O)CN1CCC(Nc2cccc3sccc23)CC1. The maximum Gasteiger partial charge on any atom is 0.237 e. The number of likely N-dealkylation sites (N-methyl/N-ethyl adjacent to an activating group) is 1. The van der Waals surface area contributed by atoms with Crippen molar-refractivity contribution in [2.45, 2.75) is 38.3 Å². The predicted octanol–water partition coefficient (Wildman–Crippen LogP) is 3.54. The molecule has 0 unspecified atom stereocenters. The predicted molar refractivity (Wildman–Crippen MR) is 107 cm³/mol. The number of nitrogens with zero attached hydrogens (tertiary/aromatic N) is 3. The molecule has 0 spiro atoms. The Morgan fingerprint density at radius 3 is 2.88 bits per heavy atom. The van der Waals surface area contributed by atoms with E-state index in [0.29, 0.717) is 19.0 Å². The molecule has 3 rings (SSSR count). The number of fused-ring (bicyclic) bond motifs is 1. The van der Waals surface area contributed by atoms with Crippen LogP contribution < -0.4 is 5.32 Å². The summed E-state index contributed by atoms with van der Waals surface area (Å²) in [6.45, 7) is 4.14. The molecule has 1 fully saturated rings. The van der Waals surface area contributed by atoms with Crippen LogP contribution in [0.15, 0.2) is 29.6 Å². The van der Waals surface area contributed by atoms with E-state index in [1.807, 2.05) is 6.92 Å². The van der Waals surface area contributed by atoms with Crippen molar-refractivity contribution in [2.75, 3.05) is 32.0 Å². The second-order valence-corrected chi connectivity index (χ2v) is 7.84. The Hall–Kier alpha value is -2.10. The van der Waals surface area contributed by atoms with Crippen LogP contribution in [-0.4, -0.2) is 54.5 Å². The van der Waals surface area contributed by atoms with Crippen molar-refractivity contribution >= 4 is 33.0 Å². The molecule has 0 saturated carbocycles. The molecule has 0 radical (unpaired) electrons. The zero-order chi connectivity index (χ0) is 18.5. The number of carbonyl (C=O) groups excluding carboxylic acids is 1. The van der Waals surface area contributed by atoms with Gasteiger partial charge in [0.1, 0.15) is 6.04 Å². The van der Waals surface area contributed by atoms with Gasteiger partial charge in [-0.25, -0.2) is 0 Å². The summed E-state index contributed by atoms with van der Waals surface area (Å²) in [5.74, 6) is 0.0350. The molecule has 1 aliphatic rings. The Kier molecular flexibility index (Phi) is 6.12. The fraction of sp³-hybridized carbons (Fsp3) is 0.500. The first-order chi connectivity index (χ1) is 12.6. The fourth-order valence-corrected chi connectivity index (χ4v) is 4.32. The average Bonchev–Trinajstić information content (AvgIpc) is 3.14. The third-order valence-electron chi connectivity index (χ3n) is 5.20. The summed E-state index contributed by atoms with van der Waals surface area (Å²) in [4.78, 5) is 16.2. The van der Waals surface area contributed by atoms with Crippen LogP contribution in [-0.2, 0) is 4.79 Å². The number of piperidine rings is 1. The Morgan fingerprint density at radius 2 is 2.19 bits per heavy atom. The lowest BCUT2D eigenvalue weighted by Gasteiger charge is -2.34. The smallest absolute Gasteiger partial charge is 0.237 e. The van der Waals surface area contributed by atoms with Gasteiger partial charge in [0.2, 0.25) is 5.91 Å². The van der Waals surface area contributed by atoms with E-state index in [1.54, 1.807) is 23.3 Å².